The monoisotopic (exact) mass is 458 g/mol. The first kappa shape index (κ1) is 22.7. The maximum atomic E-state index is 11.5. The summed E-state index contributed by atoms with van der Waals surface area (Å²) in [6.45, 7) is 6.48. The number of nitrogens with one attached hydrogen (secondary N) is 1. The summed E-state index contributed by atoms with van der Waals surface area (Å²) in [6.07, 6.45) is 11.2. The van der Waals surface area contributed by atoms with Crippen LogP contribution in [0.2, 0.25) is 0 Å². The summed E-state index contributed by atoms with van der Waals surface area (Å²) in [5.41, 5.74) is 2.44. The number of allylic oxidation sites excluding steroid dienone is 2. The number of aromatic nitrogens is 3. The average molecular weight is 459 g/mol. The predicted molar refractivity (Wildman–Crippen MR) is 134 cm³/mol. The molecule has 1 aliphatic heterocycles. The number of carbonyl (C=O) groups excluding carboxylic acids is 1. The number of benzene rings is 1. The third kappa shape index (κ3) is 6.08. The highest BCUT2D eigenvalue weighted by atomic mass is 32.2. The Hall–Kier alpha value is -3.45. The van der Waals surface area contributed by atoms with Crippen molar-refractivity contribution in [2.45, 2.75) is 11.8 Å². The van der Waals surface area contributed by atoms with Crippen LogP contribution >= 0.6 is 11.9 Å². The second-order valence-corrected chi connectivity index (χ2v) is 8.41. The average Bonchev–Trinajstić information content (AvgIpc) is 2.89. The molecule has 0 bridgehead atoms. The minimum atomic E-state index is 0.387. The van der Waals surface area contributed by atoms with E-state index in [0.29, 0.717) is 5.70 Å². The van der Waals surface area contributed by atoms with Crippen molar-refractivity contribution in [3.8, 4) is 0 Å². The van der Waals surface area contributed by atoms with Gasteiger partial charge in [0.2, 0.25) is 5.95 Å². The van der Waals surface area contributed by atoms with Gasteiger partial charge in [-0.05, 0) is 48.7 Å². The van der Waals surface area contributed by atoms with E-state index in [0.717, 1.165) is 60.0 Å². The Labute approximate surface area is 198 Å². The Morgan fingerprint density at radius 3 is 2.55 bits per heavy atom. The lowest BCUT2D eigenvalue weighted by molar-refractivity contribution is 0.278. The lowest BCUT2D eigenvalue weighted by Crippen LogP contribution is -2.47. The molecule has 3 heterocycles. The largest absolute Gasteiger partial charge is 0.338 e. The first-order valence-electron chi connectivity index (χ1n) is 10.9. The summed E-state index contributed by atoms with van der Waals surface area (Å²) in [7, 11) is 0. The van der Waals surface area contributed by atoms with Gasteiger partial charge in [0.1, 0.15) is 5.70 Å². The van der Waals surface area contributed by atoms with Crippen molar-refractivity contribution >= 4 is 34.7 Å². The maximum Gasteiger partial charge on any atom is 0.225 e. The van der Waals surface area contributed by atoms with Crippen LogP contribution in [0.25, 0.3) is 10.9 Å². The van der Waals surface area contributed by atoms with Crippen LogP contribution in [0.3, 0.4) is 0 Å². The molecule has 0 radical (unpaired) electrons. The van der Waals surface area contributed by atoms with Crippen LogP contribution in [0.4, 0.5) is 5.95 Å². The molecule has 8 heteroatoms. The third-order valence-corrected chi connectivity index (χ3v) is 6.30. The molecule has 1 aromatic carbocycles. The van der Waals surface area contributed by atoms with E-state index in [4.69, 9.17) is 0 Å². The number of hydrogen-bond acceptors (Lipinski definition) is 8. The maximum absolute atomic E-state index is 11.5. The van der Waals surface area contributed by atoms with Gasteiger partial charge in [-0.1, -0.05) is 30.4 Å². The fourth-order valence-electron chi connectivity index (χ4n) is 3.61. The molecule has 0 saturated carbocycles. The van der Waals surface area contributed by atoms with Crippen LogP contribution in [0.5, 0.6) is 0 Å². The van der Waals surface area contributed by atoms with Crippen molar-refractivity contribution in [3.63, 3.8) is 0 Å². The number of piperazine rings is 1. The highest BCUT2D eigenvalue weighted by molar-refractivity contribution is 7.97. The van der Waals surface area contributed by atoms with Crippen molar-refractivity contribution in [2.75, 3.05) is 37.6 Å². The topological polar surface area (TPSA) is 74.2 Å². The van der Waals surface area contributed by atoms with Crippen molar-refractivity contribution < 1.29 is 4.79 Å². The van der Waals surface area contributed by atoms with E-state index in [9.17, 15) is 4.79 Å². The molecular weight excluding hydrogens is 432 g/mol. The number of anilines is 1. The summed E-state index contributed by atoms with van der Waals surface area (Å²) in [4.78, 5) is 30.2. The molecule has 1 saturated heterocycles. The lowest BCUT2D eigenvalue weighted by Gasteiger charge is -2.34. The summed E-state index contributed by atoms with van der Waals surface area (Å²) in [5.74, 6) is 2.78. The van der Waals surface area contributed by atoms with Crippen LogP contribution in [0.1, 0.15) is 6.92 Å². The van der Waals surface area contributed by atoms with Crippen molar-refractivity contribution in [3.05, 3.63) is 84.5 Å². The fraction of sp³-hybridized carbons (Fsp3) is 0.240. The van der Waals surface area contributed by atoms with Gasteiger partial charge in [0.05, 0.1) is 10.4 Å². The second-order valence-electron chi connectivity index (χ2n) is 7.56. The van der Waals surface area contributed by atoms with E-state index in [2.05, 4.69) is 35.5 Å². The van der Waals surface area contributed by atoms with E-state index in [1.165, 1.54) is 11.9 Å². The highest BCUT2D eigenvalue weighted by Crippen LogP contribution is 2.24. The van der Waals surface area contributed by atoms with Gasteiger partial charge in [-0.15, -0.1) is 0 Å². The smallest absolute Gasteiger partial charge is 0.225 e. The van der Waals surface area contributed by atoms with Gasteiger partial charge < -0.3 is 9.62 Å². The number of para-hydroxylation sites is 1. The molecule has 1 N–H and O–H groups in total. The third-order valence-electron chi connectivity index (χ3n) is 5.42. The van der Waals surface area contributed by atoms with Crippen molar-refractivity contribution in [1.82, 2.24) is 24.6 Å². The fourth-order valence-corrected chi connectivity index (χ4v) is 4.35. The zero-order valence-electron chi connectivity index (χ0n) is 18.5. The van der Waals surface area contributed by atoms with Crippen molar-refractivity contribution in [1.29, 1.82) is 0 Å². The minimum Gasteiger partial charge on any atom is -0.338 e. The number of pyridine rings is 1. The molecule has 0 spiro atoms. The zero-order valence-corrected chi connectivity index (χ0v) is 19.3. The summed E-state index contributed by atoms with van der Waals surface area (Å²) in [6, 6.07) is 11.8. The molecule has 3 aromatic rings. The molecule has 2 aromatic heterocycles. The predicted octanol–water partition coefficient (Wildman–Crippen LogP) is 3.66. The standard InChI is InChI=1S/C25H26N6OS/c1-2-20(18-30-14-16-31(17-15-30)25-27-12-5-13-28-25)9-10-22(19-32)29-33-23-8-3-6-21-7-4-11-26-24(21)23/h2-13,29H,14-18H2,1H3/b10-9-,20-2+. The molecule has 7 nitrogen and oxygen atoms in total. The number of nitrogens with zero attached hydrogens (tertiary/aromatic N) is 5. The van der Waals surface area contributed by atoms with E-state index in [-0.39, 0.29) is 0 Å². The molecule has 1 fully saturated rings. The molecule has 0 atom stereocenters. The summed E-state index contributed by atoms with van der Waals surface area (Å²) >= 11 is 1.37. The van der Waals surface area contributed by atoms with E-state index in [1.807, 2.05) is 55.3 Å². The molecular formula is C25H26N6OS. The Balaban J connectivity index is 1.30. The molecule has 168 valence electrons. The Bertz CT molecular complexity index is 1180. The lowest BCUT2D eigenvalue weighted by atomic mass is 10.2. The van der Waals surface area contributed by atoms with Crippen molar-refractivity contribution in [2.24, 2.45) is 0 Å². The van der Waals surface area contributed by atoms with E-state index < -0.39 is 0 Å². The van der Waals surface area contributed by atoms with Gasteiger partial charge in [-0.25, -0.2) is 14.8 Å². The van der Waals surface area contributed by atoms with E-state index >= 15 is 0 Å². The Morgan fingerprint density at radius 1 is 1.03 bits per heavy atom. The van der Waals surface area contributed by atoms with Crippen LogP contribution < -0.4 is 9.62 Å². The molecule has 4 rings (SSSR count). The Kier molecular flexibility index (Phi) is 7.87. The first-order valence-corrected chi connectivity index (χ1v) is 11.7. The number of hydrogen-bond donors (Lipinski definition) is 1. The number of fused-ring (bicyclic) bond motifs is 1. The minimum absolute atomic E-state index is 0.387. The molecule has 0 aliphatic carbocycles. The summed E-state index contributed by atoms with van der Waals surface area (Å²) < 4.78 is 3.11. The summed E-state index contributed by atoms with van der Waals surface area (Å²) in [5, 5.41) is 1.06. The van der Waals surface area contributed by atoms with Gasteiger partial charge in [-0.2, -0.15) is 0 Å². The van der Waals surface area contributed by atoms with E-state index in [1.54, 1.807) is 24.7 Å². The van der Waals surface area contributed by atoms with Gasteiger partial charge >= 0.3 is 0 Å². The highest BCUT2D eigenvalue weighted by Gasteiger charge is 2.18. The molecule has 1 aliphatic rings. The second kappa shape index (κ2) is 11.4. The normalized spacial score (nSPS) is 15.1. The SMILES string of the molecule is C/C=C(\C=C/C(=C=O)NSc1cccc2cccnc12)CN1CCN(c2ncccn2)CC1. The first-order chi connectivity index (χ1) is 16.3. The molecule has 0 unspecified atom stereocenters. The van der Waals surface area contributed by atoms with Crippen LogP contribution in [0.15, 0.2) is 89.4 Å². The molecule has 33 heavy (non-hydrogen) atoms. The van der Waals surface area contributed by atoms with Crippen LogP contribution in [-0.2, 0) is 4.79 Å². The van der Waals surface area contributed by atoms with Gasteiger partial charge in [-0.3, -0.25) is 9.88 Å². The zero-order chi connectivity index (χ0) is 22.9. The van der Waals surface area contributed by atoms with Gasteiger partial charge in [0.25, 0.3) is 0 Å². The van der Waals surface area contributed by atoms with Gasteiger partial charge in [0, 0.05) is 56.7 Å². The Morgan fingerprint density at radius 2 is 1.79 bits per heavy atom. The number of rotatable bonds is 8. The van der Waals surface area contributed by atoms with Crippen LogP contribution in [-0.4, -0.2) is 58.5 Å². The van der Waals surface area contributed by atoms with Crippen LogP contribution in [0, 0.1) is 0 Å². The quantitative estimate of drug-likeness (QED) is 0.311. The molecule has 0 amide bonds. The van der Waals surface area contributed by atoms with Gasteiger partial charge in [0.15, 0.2) is 5.94 Å².